The van der Waals surface area contributed by atoms with Gasteiger partial charge in [-0.1, -0.05) is 145 Å². The van der Waals surface area contributed by atoms with Gasteiger partial charge >= 0.3 is 0 Å². The molecule has 10 rings (SSSR count). The van der Waals surface area contributed by atoms with Crippen LogP contribution in [0.4, 0.5) is 0 Å². The fraction of sp³-hybridized carbons (Fsp3) is 0. The van der Waals surface area contributed by atoms with Gasteiger partial charge in [0.1, 0.15) is 11.2 Å². The number of benzene rings is 9. The van der Waals surface area contributed by atoms with Gasteiger partial charge in [0.25, 0.3) is 0 Å². The molecule has 45 heavy (non-hydrogen) atoms. The van der Waals surface area contributed by atoms with Crippen molar-refractivity contribution in [1.29, 1.82) is 0 Å². The summed E-state index contributed by atoms with van der Waals surface area (Å²) in [4.78, 5) is 0. The van der Waals surface area contributed by atoms with E-state index < -0.39 is 255 Å². The summed E-state index contributed by atoms with van der Waals surface area (Å²) in [6.07, 6.45) is 0. The lowest BCUT2D eigenvalue weighted by Gasteiger charge is -2.20. The van der Waals surface area contributed by atoms with Crippen molar-refractivity contribution in [3.05, 3.63) is 157 Å². The summed E-state index contributed by atoms with van der Waals surface area (Å²) >= 11 is 0. The van der Waals surface area contributed by atoms with E-state index in [0.29, 0.717) is 0 Å². The largest absolute Gasteiger partial charge is 0.455 e. The molecule has 0 bridgehead atoms. The molecule has 1 heteroatoms. The van der Waals surface area contributed by atoms with Crippen LogP contribution in [0.15, 0.2) is 162 Å². The van der Waals surface area contributed by atoms with Crippen LogP contribution in [0.5, 0.6) is 0 Å². The van der Waals surface area contributed by atoms with E-state index in [1.807, 2.05) is 0 Å². The highest BCUT2D eigenvalue weighted by molar-refractivity contribution is 6.32. The molecule has 0 fully saturated rings. The van der Waals surface area contributed by atoms with Crippen molar-refractivity contribution in [3.8, 4) is 22.3 Å². The molecule has 9 aromatic carbocycles. The zero-order valence-corrected chi connectivity index (χ0v) is 22.4. The third-order valence-corrected chi connectivity index (χ3v) is 7.75. The Morgan fingerprint density at radius 2 is 0.867 bits per heavy atom. The van der Waals surface area contributed by atoms with Crippen LogP contribution in [0.1, 0.15) is 35.6 Å². The second kappa shape index (κ2) is 9.29. The molecule has 1 aromatic heterocycles. The van der Waals surface area contributed by atoms with Gasteiger partial charge in [-0.2, -0.15) is 0 Å². The summed E-state index contributed by atoms with van der Waals surface area (Å²) < 4.78 is 242. The van der Waals surface area contributed by atoms with Crippen LogP contribution in [-0.2, 0) is 0 Å². The minimum Gasteiger partial charge on any atom is -0.455 e. The number of furan rings is 1. The fourth-order valence-electron chi connectivity index (χ4n) is 5.94. The average molecular weight is 597 g/mol. The lowest BCUT2D eigenvalue weighted by atomic mass is 9.82. The molecule has 0 aliphatic rings. The molecule has 0 amide bonds. The van der Waals surface area contributed by atoms with E-state index >= 15 is 0 Å². The Morgan fingerprint density at radius 3 is 1.64 bits per heavy atom. The highest BCUT2D eigenvalue weighted by Gasteiger charge is 2.22. The molecule has 1 heterocycles. The summed E-state index contributed by atoms with van der Waals surface area (Å²) in [6, 6.07) is -23.4. The van der Waals surface area contributed by atoms with Crippen LogP contribution in [-0.4, -0.2) is 0 Å². The smallest absolute Gasteiger partial charge is 0.143 e. The number of rotatable bonds is 2. The molecule has 1 nitrogen and oxygen atoms in total. The summed E-state index contributed by atoms with van der Waals surface area (Å²) in [6.45, 7) is 0. The van der Waals surface area contributed by atoms with Crippen LogP contribution in [0.2, 0.25) is 0 Å². The molecule has 0 saturated carbocycles. The van der Waals surface area contributed by atoms with Crippen LogP contribution >= 0.6 is 0 Å². The molecule has 10 aromatic rings. The second-order valence-electron chi connectivity index (χ2n) is 10.0. The van der Waals surface area contributed by atoms with Gasteiger partial charge in [-0.25, -0.2) is 0 Å². The van der Waals surface area contributed by atoms with E-state index in [9.17, 15) is 12.3 Å². The maximum Gasteiger partial charge on any atom is 0.143 e. The summed E-state index contributed by atoms with van der Waals surface area (Å²) in [5.74, 6) is 0. The van der Waals surface area contributed by atoms with Crippen molar-refractivity contribution in [2.75, 3.05) is 0 Å². The SMILES string of the molecule is [2H]c1c([2H])c(-c2c3c([2H])c([2H])c([2H])c([2H])c3c(-c3c([2H])c([2H])c([2H])c4c([2H])c([2H])c([2H])c([2H])c34)c3c2c([2H])c([2H])c2c([2H])c([2H])c([2H])c([2H])c23)c2c(oc3c4c([2H])c([2H])c([2H])c([2H])c4c([2H])c([2H])c32)c1[2H]. The predicted molar refractivity (Wildman–Crippen MR) is 192 cm³/mol. The van der Waals surface area contributed by atoms with Crippen molar-refractivity contribution in [1.82, 2.24) is 0 Å². The maximum atomic E-state index is 9.83. The first-order chi connectivity index (χ1) is 33.2. The average Bonchev–Trinajstić information content (AvgIpc) is 3.74. The highest BCUT2D eigenvalue weighted by Crippen LogP contribution is 2.50. The third kappa shape index (κ3) is 3.44. The number of fused-ring (bicyclic) bond motifs is 10. The number of hydrogen-bond donors (Lipinski definition) is 0. The van der Waals surface area contributed by atoms with Crippen molar-refractivity contribution in [2.24, 2.45) is 0 Å². The molecule has 0 spiro atoms. The fourth-order valence-corrected chi connectivity index (χ4v) is 5.94. The Balaban J connectivity index is 1.67. The van der Waals surface area contributed by atoms with E-state index in [2.05, 4.69) is 0 Å². The van der Waals surface area contributed by atoms with E-state index in [1.54, 1.807) is 0 Å². The molecule has 0 radical (unpaired) electrons. The molecule has 0 saturated heterocycles. The first-order valence-corrected chi connectivity index (χ1v) is 13.4. The van der Waals surface area contributed by atoms with Crippen LogP contribution in [0.25, 0.3) is 98.1 Å². The Hall–Kier alpha value is -5.92. The minimum atomic E-state index is -0.996. The molecular weight excluding hydrogens is 544 g/mol. The van der Waals surface area contributed by atoms with Gasteiger partial charge in [0, 0.05) is 16.2 Å². The van der Waals surface area contributed by atoms with Gasteiger partial charge in [0.15, 0.2) is 0 Å². The molecule has 208 valence electrons. The summed E-state index contributed by atoms with van der Waals surface area (Å²) in [5.41, 5.74) is -4.00. The van der Waals surface area contributed by atoms with E-state index in [0.717, 1.165) is 0 Å². The zero-order valence-electron chi connectivity index (χ0n) is 48.4. The molecule has 0 atom stereocenters. The zero-order chi connectivity index (χ0) is 52.1. The topological polar surface area (TPSA) is 13.1 Å². The first-order valence-electron chi connectivity index (χ1n) is 26.4. The molecule has 0 N–H and O–H groups in total. The Labute approximate surface area is 296 Å². The lowest BCUT2D eigenvalue weighted by Crippen LogP contribution is -1.93. The van der Waals surface area contributed by atoms with E-state index in [1.165, 1.54) is 0 Å². The first kappa shape index (κ1) is 10.3. The van der Waals surface area contributed by atoms with E-state index in [4.69, 9.17) is 27.7 Å². The summed E-state index contributed by atoms with van der Waals surface area (Å²) in [7, 11) is 0. The minimum absolute atomic E-state index is 0.460. The summed E-state index contributed by atoms with van der Waals surface area (Å²) in [5, 5.41) is -7.42. The maximum absolute atomic E-state index is 9.83. The van der Waals surface area contributed by atoms with Crippen molar-refractivity contribution in [3.63, 3.8) is 0 Å². The van der Waals surface area contributed by atoms with Gasteiger partial charge in [-0.05, 0) is 82.8 Å². The molecule has 0 aliphatic carbocycles. The van der Waals surface area contributed by atoms with Crippen LogP contribution in [0, 0.1) is 0 Å². The van der Waals surface area contributed by atoms with Gasteiger partial charge < -0.3 is 4.42 Å². The lowest BCUT2D eigenvalue weighted by molar-refractivity contribution is 0.673. The van der Waals surface area contributed by atoms with Gasteiger partial charge in [-0.3, -0.25) is 0 Å². The molecule has 0 aliphatic heterocycles. The van der Waals surface area contributed by atoms with Crippen LogP contribution in [0.3, 0.4) is 0 Å². The highest BCUT2D eigenvalue weighted by atomic mass is 16.3. The van der Waals surface area contributed by atoms with Crippen LogP contribution < -0.4 is 0 Å². The Morgan fingerprint density at radius 1 is 0.333 bits per heavy atom. The Bertz CT molecular complexity index is 4280. The van der Waals surface area contributed by atoms with Gasteiger partial charge in [0.05, 0.1) is 35.6 Å². The normalized spacial score (nSPS) is 20.1. The monoisotopic (exact) mass is 596 g/mol. The number of hydrogen-bond acceptors (Lipinski definition) is 1. The van der Waals surface area contributed by atoms with Crippen molar-refractivity contribution >= 4 is 75.8 Å². The quantitative estimate of drug-likeness (QED) is 0.143. The second-order valence-corrected chi connectivity index (χ2v) is 10.0. The predicted octanol–water partition coefficient (Wildman–Crippen LogP) is 12.7. The standard InChI is InChI=1S/C44H26O/c1-4-15-30-27(11-1)14-9-20-33(30)43-35-19-8-7-18-34(35)40(37-25-23-28-12-2-5-16-31(28)42(37)43)36-21-10-22-39-41(36)38-26-24-29-13-3-6-17-32(29)44(38)45-39/h1-26H/i1D,2D,3D,4D,5D,6D,7D,8D,9D,10D,11D,12D,13D,14D,15D,16D,17D,18D,19D,20D,21D,22D,23D,24D,25D,26D. The van der Waals surface area contributed by atoms with Gasteiger partial charge in [-0.15, -0.1) is 0 Å². The molecule has 0 unspecified atom stereocenters. The van der Waals surface area contributed by atoms with E-state index in [-0.39, 0.29) is 0 Å². The Kier molecular flexibility index (Phi) is 2.13. The van der Waals surface area contributed by atoms with Crippen molar-refractivity contribution < 1.29 is 40.1 Å². The molecular formula is C44H26O. The van der Waals surface area contributed by atoms with Gasteiger partial charge in [0.2, 0.25) is 0 Å². The third-order valence-electron chi connectivity index (χ3n) is 7.75. The van der Waals surface area contributed by atoms with Crippen molar-refractivity contribution in [2.45, 2.75) is 0 Å².